The zero-order valence-electron chi connectivity index (χ0n) is 13.7. The van der Waals surface area contributed by atoms with Crippen LogP contribution in [0.5, 0.6) is 0 Å². The molecule has 1 atom stereocenters. The van der Waals surface area contributed by atoms with Gasteiger partial charge in [0.15, 0.2) is 5.44 Å². The van der Waals surface area contributed by atoms with Gasteiger partial charge in [-0.25, -0.2) is 0 Å². The van der Waals surface area contributed by atoms with E-state index in [1.54, 1.807) is 20.8 Å². The predicted octanol–water partition coefficient (Wildman–Crippen LogP) is 4.29. The van der Waals surface area contributed by atoms with Crippen molar-refractivity contribution >= 4 is 34.3 Å². The van der Waals surface area contributed by atoms with Gasteiger partial charge in [0.1, 0.15) is 0 Å². The molecular formula is C15H25NO3S2. The zero-order valence-corrected chi connectivity index (χ0v) is 15.3. The molecule has 0 saturated heterocycles. The van der Waals surface area contributed by atoms with E-state index in [9.17, 15) is 4.79 Å². The minimum Gasteiger partial charge on any atom is -0.479 e. The fraction of sp³-hybridized carbons (Fsp3) is 0.800. The standard InChI is InChI=1S/C15H25NO3S2/c1-7-18-13(20)21-11(8-9-15(5,6)10-16)19-12(17)14(2,3)4/h11H,7-9H2,1-6H3. The van der Waals surface area contributed by atoms with E-state index in [0.717, 1.165) is 0 Å². The van der Waals surface area contributed by atoms with Crippen molar-refractivity contribution < 1.29 is 14.3 Å². The summed E-state index contributed by atoms with van der Waals surface area (Å²) in [5.74, 6) is -0.283. The van der Waals surface area contributed by atoms with Gasteiger partial charge in [-0.1, -0.05) is 0 Å². The highest BCUT2D eigenvalue weighted by Crippen LogP contribution is 2.29. The van der Waals surface area contributed by atoms with E-state index in [2.05, 4.69) is 6.07 Å². The fourth-order valence-electron chi connectivity index (χ4n) is 1.23. The maximum absolute atomic E-state index is 12.0. The van der Waals surface area contributed by atoms with Crippen LogP contribution in [-0.2, 0) is 14.3 Å². The summed E-state index contributed by atoms with van der Waals surface area (Å²) in [6, 6.07) is 2.24. The second-order valence-electron chi connectivity index (χ2n) is 6.42. The van der Waals surface area contributed by atoms with E-state index < -0.39 is 16.3 Å². The normalized spacial score (nSPS) is 13.2. The molecule has 0 bridgehead atoms. The molecular weight excluding hydrogens is 306 g/mol. The number of thiocarbonyl (C=S) groups is 1. The molecule has 0 rings (SSSR count). The summed E-state index contributed by atoms with van der Waals surface area (Å²) in [6.45, 7) is 11.5. The molecule has 4 nitrogen and oxygen atoms in total. The monoisotopic (exact) mass is 331 g/mol. The Morgan fingerprint density at radius 1 is 1.33 bits per heavy atom. The minimum absolute atomic E-state index is 0.283. The van der Waals surface area contributed by atoms with Crippen LogP contribution in [-0.4, -0.2) is 22.4 Å². The number of nitriles is 1. The molecule has 6 heteroatoms. The number of nitrogens with zero attached hydrogens (tertiary/aromatic N) is 1. The average molecular weight is 332 g/mol. The van der Waals surface area contributed by atoms with Crippen LogP contribution in [0.1, 0.15) is 54.4 Å². The largest absolute Gasteiger partial charge is 0.479 e. The summed E-state index contributed by atoms with van der Waals surface area (Å²) in [6.07, 6.45) is 1.17. The van der Waals surface area contributed by atoms with Crippen LogP contribution in [0.3, 0.4) is 0 Å². The summed E-state index contributed by atoms with van der Waals surface area (Å²) in [4.78, 5) is 12.0. The Morgan fingerprint density at radius 2 is 1.90 bits per heavy atom. The highest BCUT2D eigenvalue weighted by atomic mass is 32.2. The van der Waals surface area contributed by atoms with Crippen molar-refractivity contribution in [2.45, 2.75) is 59.8 Å². The van der Waals surface area contributed by atoms with Gasteiger partial charge in [0.25, 0.3) is 0 Å². The number of rotatable bonds is 6. The van der Waals surface area contributed by atoms with Gasteiger partial charge >= 0.3 is 5.97 Å². The summed E-state index contributed by atoms with van der Waals surface area (Å²) >= 11 is 6.32. The van der Waals surface area contributed by atoms with Crippen LogP contribution in [0.25, 0.3) is 0 Å². The first kappa shape index (κ1) is 20.2. The van der Waals surface area contributed by atoms with E-state index in [0.29, 0.717) is 23.8 Å². The number of thioether (sulfide) groups is 1. The molecule has 0 aromatic rings. The second kappa shape index (κ2) is 8.60. The summed E-state index contributed by atoms with van der Waals surface area (Å²) in [7, 11) is 0. The van der Waals surface area contributed by atoms with Crippen LogP contribution < -0.4 is 0 Å². The number of esters is 1. The van der Waals surface area contributed by atoms with Gasteiger partial charge in [-0.3, -0.25) is 4.79 Å². The van der Waals surface area contributed by atoms with E-state index in [4.69, 9.17) is 27.0 Å². The Bertz CT molecular complexity index is 408. The Morgan fingerprint density at radius 3 is 2.33 bits per heavy atom. The maximum atomic E-state index is 12.0. The zero-order chi connectivity index (χ0) is 16.7. The Kier molecular flexibility index (Phi) is 8.27. The van der Waals surface area contributed by atoms with Gasteiger partial charge < -0.3 is 9.47 Å². The highest BCUT2D eigenvalue weighted by molar-refractivity contribution is 8.22. The first-order valence-corrected chi connectivity index (χ1v) is 8.26. The lowest BCUT2D eigenvalue weighted by Crippen LogP contribution is -2.28. The number of carbonyl (C=O) groups is 1. The van der Waals surface area contributed by atoms with Gasteiger partial charge in [0, 0.05) is 0 Å². The van der Waals surface area contributed by atoms with Crippen molar-refractivity contribution in [3.05, 3.63) is 0 Å². The number of hydrogen-bond acceptors (Lipinski definition) is 6. The first-order valence-electron chi connectivity index (χ1n) is 6.97. The molecule has 0 aliphatic rings. The molecule has 0 spiro atoms. The van der Waals surface area contributed by atoms with E-state index in [1.807, 2.05) is 20.8 Å². The van der Waals surface area contributed by atoms with Crippen molar-refractivity contribution in [3.63, 3.8) is 0 Å². The summed E-state index contributed by atoms with van der Waals surface area (Å²) in [5, 5.41) is 9.07. The van der Waals surface area contributed by atoms with Crippen LogP contribution in [0.4, 0.5) is 0 Å². The molecule has 1 unspecified atom stereocenters. The molecule has 0 saturated carbocycles. The van der Waals surface area contributed by atoms with Crippen LogP contribution in [0.2, 0.25) is 0 Å². The van der Waals surface area contributed by atoms with Crippen molar-refractivity contribution in [1.29, 1.82) is 5.26 Å². The smallest absolute Gasteiger partial charge is 0.312 e. The van der Waals surface area contributed by atoms with E-state index in [-0.39, 0.29) is 5.97 Å². The van der Waals surface area contributed by atoms with Crippen LogP contribution in [0, 0.1) is 22.2 Å². The molecule has 21 heavy (non-hydrogen) atoms. The SMILES string of the molecule is CCOC(=S)SC(CCC(C)(C)C#N)OC(=O)C(C)(C)C. The summed E-state index contributed by atoms with van der Waals surface area (Å²) < 4.78 is 11.1. The van der Waals surface area contributed by atoms with Gasteiger partial charge in [0.05, 0.1) is 23.5 Å². The Balaban J connectivity index is 4.74. The van der Waals surface area contributed by atoms with Crippen molar-refractivity contribution in [3.8, 4) is 6.07 Å². The van der Waals surface area contributed by atoms with Crippen molar-refractivity contribution in [2.24, 2.45) is 10.8 Å². The second-order valence-corrected chi connectivity index (χ2v) is 8.18. The average Bonchev–Trinajstić information content (AvgIpc) is 2.35. The summed E-state index contributed by atoms with van der Waals surface area (Å²) in [5.41, 5.74) is -1.46. The third-order valence-electron chi connectivity index (χ3n) is 2.65. The lowest BCUT2D eigenvalue weighted by Gasteiger charge is -2.25. The van der Waals surface area contributed by atoms with Crippen molar-refractivity contribution in [2.75, 3.05) is 6.61 Å². The molecule has 0 amide bonds. The molecule has 0 radical (unpaired) electrons. The van der Waals surface area contributed by atoms with Gasteiger partial charge in [-0.05, 0) is 78.4 Å². The van der Waals surface area contributed by atoms with Crippen molar-refractivity contribution in [1.82, 2.24) is 0 Å². The minimum atomic E-state index is -0.573. The lowest BCUT2D eigenvalue weighted by atomic mass is 9.90. The fourth-order valence-corrected chi connectivity index (χ4v) is 2.44. The number of ether oxygens (including phenoxy) is 2. The molecule has 0 aliphatic heterocycles. The van der Waals surface area contributed by atoms with E-state index >= 15 is 0 Å². The van der Waals surface area contributed by atoms with Crippen LogP contribution in [0.15, 0.2) is 0 Å². The third kappa shape index (κ3) is 8.94. The number of hydrogen-bond donors (Lipinski definition) is 0. The van der Waals surface area contributed by atoms with Gasteiger partial charge in [-0.15, -0.1) is 0 Å². The predicted molar refractivity (Wildman–Crippen MR) is 89.8 cm³/mol. The first-order chi connectivity index (χ1) is 9.51. The molecule has 0 N–H and O–H groups in total. The lowest BCUT2D eigenvalue weighted by molar-refractivity contribution is -0.154. The third-order valence-corrected chi connectivity index (χ3v) is 3.96. The highest BCUT2D eigenvalue weighted by Gasteiger charge is 2.29. The number of carbonyl (C=O) groups excluding carboxylic acids is 1. The van der Waals surface area contributed by atoms with E-state index in [1.165, 1.54) is 11.8 Å². The Hall–Kier alpha value is -0.800. The molecule has 120 valence electrons. The van der Waals surface area contributed by atoms with Gasteiger partial charge in [0.2, 0.25) is 4.38 Å². The van der Waals surface area contributed by atoms with Crippen LogP contribution >= 0.6 is 24.0 Å². The molecule has 0 fully saturated rings. The maximum Gasteiger partial charge on any atom is 0.312 e. The molecule has 0 heterocycles. The Labute approximate surface area is 137 Å². The molecule has 0 aromatic heterocycles. The quantitative estimate of drug-likeness (QED) is 0.411. The molecule has 0 aromatic carbocycles. The topological polar surface area (TPSA) is 59.3 Å². The van der Waals surface area contributed by atoms with Gasteiger partial charge in [-0.2, -0.15) is 5.26 Å². The molecule has 0 aliphatic carbocycles.